The number of rotatable bonds is 3. The number of nitrogens with zero attached hydrogens (tertiary/aromatic N) is 3. The Labute approximate surface area is 192 Å². The van der Waals surface area contributed by atoms with E-state index in [4.69, 9.17) is 5.73 Å². The van der Waals surface area contributed by atoms with E-state index in [1.54, 1.807) is 18.5 Å². The molecule has 2 aliphatic rings. The first kappa shape index (κ1) is 21.4. The summed E-state index contributed by atoms with van der Waals surface area (Å²) >= 11 is 0. The van der Waals surface area contributed by atoms with Crippen molar-refractivity contribution in [2.24, 2.45) is 0 Å². The van der Waals surface area contributed by atoms with Crippen LogP contribution in [0.5, 0.6) is 0 Å². The van der Waals surface area contributed by atoms with E-state index >= 15 is 0 Å². The first-order chi connectivity index (χ1) is 16.0. The summed E-state index contributed by atoms with van der Waals surface area (Å²) in [5.74, 6) is 6.86. The summed E-state index contributed by atoms with van der Waals surface area (Å²) in [6, 6.07) is 7.61. The first-order valence-corrected chi connectivity index (χ1v) is 11.5. The smallest absolute Gasteiger partial charge is 0.253 e. The summed E-state index contributed by atoms with van der Waals surface area (Å²) < 4.78 is 1.84. The fourth-order valence-electron chi connectivity index (χ4n) is 4.66. The second-order valence-electron chi connectivity index (χ2n) is 8.92. The molecule has 2 fully saturated rings. The summed E-state index contributed by atoms with van der Waals surface area (Å²) in [6.45, 7) is 1.68. The van der Waals surface area contributed by atoms with Crippen molar-refractivity contribution in [2.45, 2.75) is 50.2 Å². The van der Waals surface area contributed by atoms with E-state index in [9.17, 15) is 9.90 Å². The molecule has 1 aliphatic carbocycles. The predicted octanol–water partition coefficient (Wildman–Crippen LogP) is 2.14. The highest BCUT2D eigenvalue weighted by atomic mass is 16.3. The van der Waals surface area contributed by atoms with Crippen molar-refractivity contribution in [1.29, 1.82) is 0 Å². The van der Waals surface area contributed by atoms with Crippen molar-refractivity contribution >= 4 is 22.8 Å². The molecule has 0 spiro atoms. The molecule has 1 aromatic carbocycles. The molecule has 33 heavy (non-hydrogen) atoms. The van der Waals surface area contributed by atoms with Gasteiger partial charge in [0.25, 0.3) is 5.91 Å². The molecule has 3 heterocycles. The van der Waals surface area contributed by atoms with Crippen LogP contribution in [0.3, 0.4) is 0 Å². The maximum Gasteiger partial charge on any atom is 0.253 e. The van der Waals surface area contributed by atoms with Crippen molar-refractivity contribution in [3.63, 3.8) is 0 Å². The van der Waals surface area contributed by atoms with E-state index in [2.05, 4.69) is 32.4 Å². The van der Waals surface area contributed by atoms with Crippen LogP contribution in [-0.2, 0) is 0 Å². The van der Waals surface area contributed by atoms with E-state index in [0.717, 1.165) is 55.2 Å². The van der Waals surface area contributed by atoms with Crippen molar-refractivity contribution in [1.82, 2.24) is 25.2 Å². The second kappa shape index (κ2) is 8.85. The Balaban J connectivity index is 1.55. The number of aromatic nitrogens is 3. The number of nitrogens with one attached hydrogen (secondary N) is 2. The molecular formula is C25H28N6O2. The van der Waals surface area contributed by atoms with Gasteiger partial charge in [-0.15, -0.1) is 0 Å². The Kier molecular flexibility index (Phi) is 5.75. The number of carbonyl (C=O) groups is 1. The number of anilines is 1. The van der Waals surface area contributed by atoms with Crippen LogP contribution in [0, 0.1) is 11.8 Å². The molecule has 1 atom stereocenters. The molecule has 0 bridgehead atoms. The largest absolute Gasteiger partial charge is 0.378 e. The van der Waals surface area contributed by atoms with Gasteiger partial charge in [-0.25, -0.2) is 4.98 Å². The first-order valence-electron chi connectivity index (χ1n) is 11.5. The van der Waals surface area contributed by atoms with Crippen LogP contribution in [0.2, 0.25) is 0 Å². The average molecular weight is 445 g/mol. The van der Waals surface area contributed by atoms with E-state index in [1.165, 1.54) is 0 Å². The number of benzene rings is 1. The highest BCUT2D eigenvalue weighted by molar-refractivity contribution is 6.07. The van der Waals surface area contributed by atoms with Crippen LogP contribution < -0.4 is 16.4 Å². The Hall–Kier alpha value is -3.41. The third kappa shape index (κ3) is 4.56. The highest BCUT2D eigenvalue weighted by Gasteiger charge is 2.26. The minimum atomic E-state index is -0.920. The van der Waals surface area contributed by atoms with Crippen LogP contribution >= 0.6 is 0 Å². The molecule has 0 unspecified atom stereocenters. The summed E-state index contributed by atoms with van der Waals surface area (Å²) in [7, 11) is 0. The van der Waals surface area contributed by atoms with Gasteiger partial charge in [0.15, 0.2) is 0 Å². The van der Waals surface area contributed by atoms with Crippen LogP contribution in [0.4, 0.5) is 5.95 Å². The molecule has 2 aromatic heterocycles. The number of aliphatic hydroxyl groups is 1. The number of nitrogen functional groups attached to an aromatic ring is 1. The maximum atomic E-state index is 13.1. The summed E-state index contributed by atoms with van der Waals surface area (Å²) in [5, 5.41) is 17.9. The molecule has 8 nitrogen and oxygen atoms in total. The molecule has 1 amide bonds. The van der Waals surface area contributed by atoms with Gasteiger partial charge in [0.1, 0.15) is 11.4 Å². The van der Waals surface area contributed by atoms with Gasteiger partial charge in [0.2, 0.25) is 5.95 Å². The van der Waals surface area contributed by atoms with Gasteiger partial charge in [-0.3, -0.25) is 4.79 Å². The SMILES string of the molecule is Nc1nccc(-n2cc(C(=O)N[C@@H]3CCNC3)c3ccc(C#CC4(O)CCCCC4)cc32)n1. The number of nitrogens with two attached hydrogens (primary N) is 1. The Bertz CT molecular complexity index is 1240. The number of fused-ring (bicyclic) bond motifs is 1. The van der Waals surface area contributed by atoms with Crippen LogP contribution in [0.15, 0.2) is 36.7 Å². The lowest BCUT2D eigenvalue weighted by molar-refractivity contribution is 0.0610. The molecule has 1 saturated heterocycles. The number of hydrogen-bond acceptors (Lipinski definition) is 6. The zero-order valence-electron chi connectivity index (χ0n) is 18.5. The molecular weight excluding hydrogens is 416 g/mol. The quantitative estimate of drug-likeness (QED) is 0.460. The van der Waals surface area contributed by atoms with E-state index in [-0.39, 0.29) is 17.9 Å². The van der Waals surface area contributed by atoms with Crippen molar-refractivity contribution < 1.29 is 9.90 Å². The normalized spacial score (nSPS) is 19.7. The predicted molar refractivity (Wildman–Crippen MR) is 127 cm³/mol. The van der Waals surface area contributed by atoms with Gasteiger partial charge >= 0.3 is 0 Å². The zero-order chi connectivity index (χ0) is 22.8. The van der Waals surface area contributed by atoms with Crippen LogP contribution in [-0.4, -0.2) is 50.3 Å². The lowest BCUT2D eigenvalue weighted by Gasteiger charge is -2.26. The minimum Gasteiger partial charge on any atom is -0.378 e. The minimum absolute atomic E-state index is 0.118. The van der Waals surface area contributed by atoms with Gasteiger partial charge in [0.05, 0.1) is 11.1 Å². The van der Waals surface area contributed by atoms with E-state index in [0.29, 0.717) is 24.2 Å². The summed E-state index contributed by atoms with van der Waals surface area (Å²) in [4.78, 5) is 21.4. The van der Waals surface area contributed by atoms with Gasteiger partial charge in [-0.2, -0.15) is 4.98 Å². The molecule has 1 aliphatic heterocycles. The molecule has 5 N–H and O–H groups in total. The maximum absolute atomic E-state index is 13.1. The standard InChI is InChI=1S/C25H28N6O2/c26-24-28-13-8-22(30-24)31-16-20(23(32)29-18-7-12-27-15-18)19-5-4-17(14-21(19)31)6-11-25(33)9-2-1-3-10-25/h4-5,8,13-14,16,18,27,33H,1-3,7,9-10,12,15H2,(H,29,32)(H2,26,28,30)/t18-/m1/s1. The molecule has 8 heteroatoms. The highest BCUT2D eigenvalue weighted by Crippen LogP contribution is 2.28. The molecule has 1 saturated carbocycles. The van der Waals surface area contributed by atoms with Crippen LogP contribution in [0.1, 0.15) is 54.4 Å². The van der Waals surface area contributed by atoms with E-state index in [1.807, 2.05) is 22.8 Å². The topological polar surface area (TPSA) is 118 Å². The van der Waals surface area contributed by atoms with Gasteiger partial charge < -0.3 is 26.0 Å². The third-order valence-corrected chi connectivity index (χ3v) is 6.47. The van der Waals surface area contributed by atoms with Crippen molar-refractivity contribution in [3.8, 4) is 17.7 Å². The van der Waals surface area contributed by atoms with Gasteiger partial charge in [-0.05, 0) is 56.8 Å². The Morgan fingerprint density at radius 3 is 2.88 bits per heavy atom. The summed E-state index contributed by atoms with van der Waals surface area (Å²) in [6.07, 6.45) is 8.85. The van der Waals surface area contributed by atoms with Gasteiger partial charge in [-0.1, -0.05) is 24.3 Å². The number of hydrogen-bond donors (Lipinski definition) is 4. The Morgan fingerprint density at radius 1 is 1.27 bits per heavy atom. The monoisotopic (exact) mass is 444 g/mol. The lowest BCUT2D eigenvalue weighted by atomic mass is 9.85. The Morgan fingerprint density at radius 2 is 2.12 bits per heavy atom. The number of carbonyl (C=O) groups excluding carboxylic acids is 1. The molecule has 5 rings (SSSR count). The average Bonchev–Trinajstić information content (AvgIpc) is 3.46. The fourth-order valence-corrected chi connectivity index (χ4v) is 4.66. The second-order valence-corrected chi connectivity index (χ2v) is 8.92. The third-order valence-electron chi connectivity index (χ3n) is 6.47. The van der Waals surface area contributed by atoms with Crippen molar-refractivity contribution in [2.75, 3.05) is 18.8 Å². The lowest BCUT2D eigenvalue weighted by Crippen LogP contribution is -2.36. The summed E-state index contributed by atoms with van der Waals surface area (Å²) in [5.41, 5.74) is 7.04. The fraction of sp³-hybridized carbons (Fsp3) is 0.400. The number of amides is 1. The zero-order valence-corrected chi connectivity index (χ0v) is 18.5. The van der Waals surface area contributed by atoms with Crippen LogP contribution in [0.25, 0.3) is 16.7 Å². The van der Waals surface area contributed by atoms with E-state index < -0.39 is 5.60 Å². The van der Waals surface area contributed by atoms with Gasteiger partial charge in [0, 0.05) is 35.9 Å². The molecule has 170 valence electrons. The molecule has 3 aromatic rings. The van der Waals surface area contributed by atoms with Crippen molar-refractivity contribution in [3.05, 3.63) is 47.8 Å². The molecule has 0 radical (unpaired) electrons.